The molecule has 0 atom stereocenters. The number of pyridine rings is 1. The Bertz CT molecular complexity index is 522. The van der Waals surface area contributed by atoms with E-state index in [0.717, 1.165) is 15.4 Å². The van der Waals surface area contributed by atoms with E-state index >= 15 is 0 Å². The van der Waals surface area contributed by atoms with E-state index < -0.39 is 0 Å². The maximum Gasteiger partial charge on any atom is 0.271 e. The van der Waals surface area contributed by atoms with Gasteiger partial charge in [-0.2, -0.15) is 0 Å². The van der Waals surface area contributed by atoms with Gasteiger partial charge in [0.1, 0.15) is 5.69 Å². The highest BCUT2D eigenvalue weighted by Gasteiger charge is 2.13. The van der Waals surface area contributed by atoms with Gasteiger partial charge in [-0.05, 0) is 25.5 Å². The highest BCUT2D eigenvalue weighted by Crippen LogP contribution is 2.16. The molecule has 2 heterocycles. The molecule has 88 valence electrons. The average Bonchev–Trinajstić information content (AvgIpc) is 2.67. The van der Waals surface area contributed by atoms with Crippen molar-refractivity contribution in [2.24, 2.45) is 0 Å². The predicted molar refractivity (Wildman–Crippen MR) is 67.0 cm³/mol. The Morgan fingerprint density at radius 3 is 2.88 bits per heavy atom. The molecule has 0 aliphatic heterocycles. The topological polar surface area (TPSA) is 54.9 Å². The van der Waals surface area contributed by atoms with Gasteiger partial charge in [0.15, 0.2) is 0 Å². The van der Waals surface area contributed by atoms with Crippen molar-refractivity contribution in [1.82, 2.24) is 15.3 Å². The van der Waals surface area contributed by atoms with Crippen LogP contribution in [0, 0.1) is 13.8 Å². The summed E-state index contributed by atoms with van der Waals surface area (Å²) in [6.07, 6.45) is 3.44. The van der Waals surface area contributed by atoms with Gasteiger partial charge in [0, 0.05) is 23.8 Å². The van der Waals surface area contributed by atoms with Gasteiger partial charge >= 0.3 is 0 Å². The van der Waals surface area contributed by atoms with Gasteiger partial charge in [0.2, 0.25) is 0 Å². The number of hydrogen-bond donors (Lipinski definition) is 1. The van der Waals surface area contributed by atoms with Crippen LogP contribution in [-0.2, 0) is 6.54 Å². The van der Waals surface area contributed by atoms with Crippen molar-refractivity contribution in [1.29, 1.82) is 0 Å². The minimum atomic E-state index is -0.129. The van der Waals surface area contributed by atoms with E-state index in [2.05, 4.69) is 15.3 Å². The Morgan fingerprint density at radius 2 is 2.29 bits per heavy atom. The number of nitrogens with zero attached hydrogens (tertiary/aromatic N) is 2. The molecular weight excluding hydrogens is 234 g/mol. The lowest BCUT2D eigenvalue weighted by Crippen LogP contribution is -2.23. The first-order chi connectivity index (χ1) is 8.16. The fourth-order valence-electron chi connectivity index (χ4n) is 1.51. The predicted octanol–water partition coefficient (Wildman–Crippen LogP) is 2.08. The number of amides is 1. The minimum absolute atomic E-state index is 0.129. The second-order valence-corrected chi connectivity index (χ2v) is 5.09. The molecule has 2 aromatic rings. The zero-order valence-corrected chi connectivity index (χ0v) is 10.5. The summed E-state index contributed by atoms with van der Waals surface area (Å²) in [5.41, 5.74) is 1.50. The van der Waals surface area contributed by atoms with Crippen LogP contribution >= 0.6 is 11.3 Å². The number of carbonyl (C=O) groups excluding carboxylic acids is 1. The van der Waals surface area contributed by atoms with Crippen molar-refractivity contribution < 1.29 is 4.79 Å². The van der Waals surface area contributed by atoms with Crippen molar-refractivity contribution in [2.75, 3.05) is 0 Å². The van der Waals surface area contributed by atoms with Crippen LogP contribution in [0.4, 0.5) is 0 Å². The van der Waals surface area contributed by atoms with Crippen molar-refractivity contribution in [3.8, 4) is 0 Å². The largest absolute Gasteiger partial charge is 0.347 e. The minimum Gasteiger partial charge on any atom is -0.347 e. The van der Waals surface area contributed by atoms with Crippen molar-refractivity contribution >= 4 is 17.2 Å². The Labute approximate surface area is 104 Å². The second-order valence-electron chi connectivity index (χ2n) is 3.68. The second kappa shape index (κ2) is 5.05. The zero-order chi connectivity index (χ0) is 12.3. The molecule has 4 nitrogen and oxygen atoms in total. The molecule has 0 aliphatic rings. The molecule has 0 radical (unpaired) electrons. The quantitative estimate of drug-likeness (QED) is 0.903. The third kappa shape index (κ3) is 2.88. The molecule has 1 N–H and O–H groups in total. The van der Waals surface area contributed by atoms with E-state index in [1.807, 2.05) is 26.0 Å². The number of aryl methyl sites for hydroxylation is 2. The van der Waals surface area contributed by atoms with E-state index in [4.69, 9.17) is 0 Å². The van der Waals surface area contributed by atoms with Crippen LogP contribution < -0.4 is 5.32 Å². The SMILES string of the molecule is Cc1nc(C(=O)NCc2cccnc2)c(C)s1. The molecule has 0 fully saturated rings. The molecule has 0 bridgehead atoms. The maximum atomic E-state index is 11.9. The summed E-state index contributed by atoms with van der Waals surface area (Å²) in [5, 5.41) is 3.75. The molecule has 5 heteroatoms. The summed E-state index contributed by atoms with van der Waals surface area (Å²) in [6.45, 7) is 4.28. The molecular formula is C12H13N3OS. The first kappa shape index (κ1) is 11.7. The smallest absolute Gasteiger partial charge is 0.271 e. The van der Waals surface area contributed by atoms with Crippen LogP contribution in [0.2, 0.25) is 0 Å². The lowest BCUT2D eigenvalue weighted by atomic mass is 10.3. The molecule has 0 saturated heterocycles. The number of hydrogen-bond acceptors (Lipinski definition) is 4. The van der Waals surface area contributed by atoms with Gasteiger partial charge in [-0.25, -0.2) is 4.98 Å². The van der Waals surface area contributed by atoms with Crippen molar-refractivity contribution in [3.63, 3.8) is 0 Å². The Balaban J connectivity index is 2.01. The number of rotatable bonds is 3. The zero-order valence-electron chi connectivity index (χ0n) is 9.73. The van der Waals surface area contributed by atoms with Gasteiger partial charge in [0.05, 0.1) is 5.01 Å². The Hall–Kier alpha value is -1.75. The molecule has 0 saturated carbocycles. The van der Waals surface area contributed by atoms with E-state index in [-0.39, 0.29) is 5.91 Å². The summed E-state index contributed by atoms with van der Waals surface area (Å²) in [6, 6.07) is 3.77. The summed E-state index contributed by atoms with van der Waals surface area (Å²) in [4.78, 5) is 21.0. The molecule has 0 aliphatic carbocycles. The maximum absolute atomic E-state index is 11.9. The number of carbonyl (C=O) groups is 1. The first-order valence-corrected chi connectivity index (χ1v) is 6.09. The number of thiazole rings is 1. The van der Waals surface area contributed by atoms with E-state index in [9.17, 15) is 4.79 Å². The lowest BCUT2D eigenvalue weighted by molar-refractivity contribution is 0.0946. The molecule has 2 rings (SSSR count). The van der Waals surface area contributed by atoms with Gasteiger partial charge in [0.25, 0.3) is 5.91 Å². The van der Waals surface area contributed by atoms with Gasteiger partial charge in [-0.15, -0.1) is 11.3 Å². The number of aromatic nitrogens is 2. The van der Waals surface area contributed by atoms with Crippen LogP contribution in [0.3, 0.4) is 0 Å². The molecule has 0 unspecified atom stereocenters. The summed E-state index contributed by atoms with van der Waals surface area (Å²) in [7, 11) is 0. The molecule has 17 heavy (non-hydrogen) atoms. The van der Waals surface area contributed by atoms with E-state index in [0.29, 0.717) is 12.2 Å². The summed E-state index contributed by atoms with van der Waals surface area (Å²) >= 11 is 1.53. The molecule has 1 amide bonds. The van der Waals surface area contributed by atoms with Gasteiger partial charge < -0.3 is 5.32 Å². The first-order valence-electron chi connectivity index (χ1n) is 5.28. The van der Waals surface area contributed by atoms with Crippen molar-refractivity contribution in [3.05, 3.63) is 45.7 Å². The standard InChI is InChI=1S/C12H13N3OS/c1-8-11(15-9(2)17-8)12(16)14-7-10-4-3-5-13-6-10/h3-6H,7H2,1-2H3,(H,14,16). The lowest BCUT2D eigenvalue weighted by Gasteiger charge is -2.03. The van der Waals surface area contributed by atoms with Crippen LogP contribution in [-0.4, -0.2) is 15.9 Å². The van der Waals surface area contributed by atoms with E-state index in [1.165, 1.54) is 11.3 Å². The van der Waals surface area contributed by atoms with Crippen molar-refractivity contribution in [2.45, 2.75) is 20.4 Å². The number of nitrogens with one attached hydrogen (secondary N) is 1. The van der Waals surface area contributed by atoms with Crippen LogP contribution in [0.1, 0.15) is 25.9 Å². The van der Waals surface area contributed by atoms with E-state index in [1.54, 1.807) is 12.4 Å². The van der Waals surface area contributed by atoms with Crippen LogP contribution in [0.25, 0.3) is 0 Å². The molecule has 2 aromatic heterocycles. The fourth-order valence-corrected chi connectivity index (χ4v) is 2.32. The molecule has 0 spiro atoms. The highest BCUT2D eigenvalue weighted by molar-refractivity contribution is 7.11. The van der Waals surface area contributed by atoms with Crippen LogP contribution in [0.15, 0.2) is 24.5 Å². The van der Waals surface area contributed by atoms with Gasteiger partial charge in [-0.1, -0.05) is 6.07 Å². The summed E-state index contributed by atoms with van der Waals surface area (Å²) in [5.74, 6) is -0.129. The Morgan fingerprint density at radius 1 is 1.47 bits per heavy atom. The highest BCUT2D eigenvalue weighted by atomic mass is 32.1. The van der Waals surface area contributed by atoms with Crippen LogP contribution in [0.5, 0.6) is 0 Å². The normalized spacial score (nSPS) is 10.2. The average molecular weight is 247 g/mol. The third-order valence-corrected chi connectivity index (χ3v) is 3.18. The molecule has 0 aromatic carbocycles. The fraction of sp³-hybridized carbons (Fsp3) is 0.250. The monoisotopic (exact) mass is 247 g/mol. The van der Waals surface area contributed by atoms with Gasteiger partial charge in [-0.3, -0.25) is 9.78 Å². The Kier molecular flexibility index (Phi) is 3.49. The summed E-state index contributed by atoms with van der Waals surface area (Å²) < 4.78 is 0. The third-order valence-electron chi connectivity index (χ3n) is 2.29.